The molecule has 7 nitrogen and oxygen atoms in total. The maximum Gasteiger partial charge on any atom is 1.00 e. The van der Waals surface area contributed by atoms with E-state index in [0.29, 0.717) is 0 Å². The molecule has 1 fully saturated rings. The van der Waals surface area contributed by atoms with Gasteiger partial charge in [0.25, 0.3) is 21.9 Å². The summed E-state index contributed by atoms with van der Waals surface area (Å²) in [4.78, 5) is 21.2. The van der Waals surface area contributed by atoms with Crippen molar-refractivity contribution in [3.63, 3.8) is 0 Å². The van der Waals surface area contributed by atoms with Gasteiger partial charge in [-0.3, -0.25) is 19.3 Å². The Labute approximate surface area is 124 Å². The van der Waals surface area contributed by atoms with Crippen LogP contribution in [0.25, 0.3) is 0 Å². The van der Waals surface area contributed by atoms with Crippen LogP contribution in [0.1, 0.15) is 6.42 Å². The summed E-state index contributed by atoms with van der Waals surface area (Å²) in [6.07, 6.45) is -0.714. The first kappa shape index (κ1) is 17.4. The molecule has 0 saturated carbocycles. The van der Waals surface area contributed by atoms with Crippen LogP contribution in [0.3, 0.4) is 0 Å². The molecule has 0 aromatic heterocycles. The molecule has 0 aromatic rings. The molecule has 1 rings (SSSR count). The first-order valence-electron chi connectivity index (χ1n) is 2.86. The molecule has 0 radical (unpaired) electrons. The third-order valence-corrected chi connectivity index (χ3v) is 2.53. The summed E-state index contributed by atoms with van der Waals surface area (Å²) in [5.41, 5.74) is 0. The summed E-state index contributed by atoms with van der Waals surface area (Å²) in [6.45, 7) is 0. The zero-order valence-corrected chi connectivity index (χ0v) is 12.5. The number of carbonyl (C=O) groups excluding carboxylic acids is 2. The molecule has 10 heteroatoms. The van der Waals surface area contributed by atoms with Crippen LogP contribution in [0.15, 0.2) is 0 Å². The average Bonchev–Trinajstić information content (AvgIpc) is 2.15. The third-order valence-electron chi connectivity index (χ3n) is 1.44. The van der Waals surface area contributed by atoms with E-state index in [2.05, 4.69) is 0 Å². The Morgan fingerprint density at radius 1 is 1.29 bits per heavy atom. The quantitative estimate of drug-likeness (QED) is 0.204. The molecular formula is C4H5NNa2O6S+2. The van der Waals surface area contributed by atoms with Crippen LogP contribution in [0.4, 0.5) is 0 Å². The first-order valence-corrected chi connectivity index (χ1v) is 4.36. The van der Waals surface area contributed by atoms with Crippen LogP contribution in [0.2, 0.25) is 0 Å². The summed E-state index contributed by atoms with van der Waals surface area (Å²) in [5, 5.41) is 6.40. The second-order valence-corrected chi connectivity index (χ2v) is 3.85. The van der Waals surface area contributed by atoms with E-state index in [-0.39, 0.29) is 64.2 Å². The molecule has 14 heavy (non-hydrogen) atoms. The van der Waals surface area contributed by atoms with Gasteiger partial charge in [-0.25, -0.2) is 0 Å². The summed E-state index contributed by atoms with van der Waals surface area (Å²) >= 11 is 0. The number of imide groups is 1. The molecule has 0 aliphatic carbocycles. The van der Waals surface area contributed by atoms with Gasteiger partial charge in [-0.2, -0.15) is 13.5 Å². The van der Waals surface area contributed by atoms with Gasteiger partial charge in [0.1, 0.15) is 0 Å². The third kappa shape index (κ3) is 3.54. The van der Waals surface area contributed by atoms with E-state index >= 15 is 0 Å². The molecule has 0 aromatic carbocycles. The molecule has 1 aliphatic heterocycles. The molecule has 2 amide bonds. The zero-order valence-electron chi connectivity index (χ0n) is 7.67. The van der Waals surface area contributed by atoms with Crippen LogP contribution in [-0.2, 0) is 19.7 Å². The van der Waals surface area contributed by atoms with Gasteiger partial charge in [0, 0.05) is 0 Å². The predicted molar refractivity (Wildman–Crippen MR) is 33.6 cm³/mol. The second-order valence-electron chi connectivity index (χ2n) is 2.25. The maximum atomic E-state index is 10.7. The fourth-order valence-corrected chi connectivity index (χ4v) is 1.53. The number of hydroxylamine groups is 2. The Morgan fingerprint density at radius 2 is 1.71 bits per heavy atom. The van der Waals surface area contributed by atoms with E-state index < -0.39 is 33.6 Å². The molecule has 68 valence electrons. The summed E-state index contributed by atoms with van der Waals surface area (Å²) in [7, 11) is -4.59. The normalized spacial score (nSPS) is 21.6. The minimum atomic E-state index is -4.59. The molecule has 0 spiro atoms. The Hall–Kier alpha value is 1.01. The molecule has 1 heterocycles. The van der Waals surface area contributed by atoms with Crippen molar-refractivity contribution in [2.45, 2.75) is 11.7 Å². The van der Waals surface area contributed by atoms with Crippen LogP contribution in [0.5, 0.6) is 0 Å². The van der Waals surface area contributed by atoms with Crippen molar-refractivity contribution >= 4 is 21.9 Å². The molecule has 1 unspecified atom stereocenters. The number of carbonyl (C=O) groups is 2. The largest absolute Gasteiger partial charge is 1.00 e. The standard InChI is InChI=1S/C4H5NO6S.2Na/c6-3-1-2(12(9,10)11)4(7)5(3)8;;/h2,8H,1H2,(H,9,10,11);;/q;2*+1. The van der Waals surface area contributed by atoms with Gasteiger partial charge in [-0.1, -0.05) is 0 Å². The van der Waals surface area contributed by atoms with Gasteiger partial charge in [-0.15, -0.1) is 0 Å². The van der Waals surface area contributed by atoms with Crippen molar-refractivity contribution in [1.29, 1.82) is 0 Å². The Bertz CT molecular complexity index is 340. The first-order chi connectivity index (χ1) is 5.34. The summed E-state index contributed by atoms with van der Waals surface area (Å²) in [6, 6.07) is 0. The van der Waals surface area contributed by atoms with E-state index in [0.717, 1.165) is 0 Å². The molecular weight excluding hydrogens is 236 g/mol. The molecule has 1 aliphatic rings. The minimum Gasteiger partial charge on any atom is -0.285 e. The average molecular weight is 241 g/mol. The van der Waals surface area contributed by atoms with Crippen molar-refractivity contribution in [2.24, 2.45) is 0 Å². The van der Waals surface area contributed by atoms with E-state index in [1.54, 1.807) is 0 Å². The van der Waals surface area contributed by atoms with Crippen LogP contribution >= 0.6 is 0 Å². The number of hydrogen-bond donors (Lipinski definition) is 2. The number of amides is 2. The van der Waals surface area contributed by atoms with E-state index in [1.807, 2.05) is 0 Å². The van der Waals surface area contributed by atoms with Crippen LogP contribution in [0, 0.1) is 0 Å². The second kappa shape index (κ2) is 5.92. The van der Waals surface area contributed by atoms with Gasteiger partial charge in [0.15, 0.2) is 5.25 Å². The van der Waals surface area contributed by atoms with Gasteiger partial charge < -0.3 is 0 Å². The number of rotatable bonds is 1. The van der Waals surface area contributed by atoms with Gasteiger partial charge in [-0.05, 0) is 0 Å². The number of nitrogens with zero attached hydrogens (tertiary/aromatic N) is 1. The van der Waals surface area contributed by atoms with Gasteiger partial charge >= 0.3 is 59.1 Å². The van der Waals surface area contributed by atoms with Crippen molar-refractivity contribution < 1.29 is 86.9 Å². The van der Waals surface area contributed by atoms with Crippen molar-refractivity contribution in [1.82, 2.24) is 5.06 Å². The molecule has 2 N–H and O–H groups in total. The molecule has 0 bridgehead atoms. The van der Waals surface area contributed by atoms with E-state index in [9.17, 15) is 18.0 Å². The smallest absolute Gasteiger partial charge is 0.285 e. The fourth-order valence-electron chi connectivity index (χ4n) is 0.824. The fraction of sp³-hybridized carbons (Fsp3) is 0.500. The Morgan fingerprint density at radius 3 is 1.86 bits per heavy atom. The van der Waals surface area contributed by atoms with E-state index in [1.165, 1.54) is 0 Å². The summed E-state index contributed by atoms with van der Waals surface area (Å²) in [5.74, 6) is -2.36. The van der Waals surface area contributed by atoms with Crippen LogP contribution < -0.4 is 59.1 Å². The SMILES string of the molecule is O=C1CC(S(=O)(=O)O)C(=O)N1O.[Na+].[Na+]. The van der Waals surface area contributed by atoms with Gasteiger partial charge in [0.05, 0.1) is 6.42 Å². The predicted octanol–water partition coefficient (Wildman–Crippen LogP) is -7.60. The summed E-state index contributed by atoms with van der Waals surface area (Å²) < 4.78 is 29.1. The van der Waals surface area contributed by atoms with Gasteiger partial charge in [0.2, 0.25) is 0 Å². The Kier molecular flexibility index (Phi) is 7.36. The molecule has 1 atom stereocenters. The number of hydrogen-bond acceptors (Lipinski definition) is 5. The topological polar surface area (TPSA) is 112 Å². The van der Waals surface area contributed by atoms with Crippen molar-refractivity contribution in [3.8, 4) is 0 Å². The maximum absolute atomic E-state index is 10.7. The molecule has 1 saturated heterocycles. The van der Waals surface area contributed by atoms with Crippen molar-refractivity contribution in [3.05, 3.63) is 0 Å². The van der Waals surface area contributed by atoms with Crippen molar-refractivity contribution in [2.75, 3.05) is 0 Å². The monoisotopic (exact) mass is 241 g/mol. The van der Waals surface area contributed by atoms with Crippen LogP contribution in [-0.4, -0.2) is 40.3 Å². The minimum absolute atomic E-state index is 0. The van der Waals surface area contributed by atoms with E-state index in [4.69, 9.17) is 9.76 Å². The Balaban J connectivity index is 0. The zero-order chi connectivity index (χ0) is 9.52.